The van der Waals surface area contributed by atoms with E-state index in [2.05, 4.69) is 10.3 Å². The molecule has 1 atom stereocenters. The molecule has 2 aliphatic rings. The number of carbonyl (C=O) groups is 1. The molecule has 2 aliphatic heterocycles. The lowest BCUT2D eigenvalue weighted by Crippen LogP contribution is -2.46. The van der Waals surface area contributed by atoms with Crippen LogP contribution in [-0.2, 0) is 11.2 Å². The molecule has 0 fully saturated rings. The normalized spacial score (nSPS) is 19.2. The largest absolute Gasteiger partial charge is 0.446 e. The van der Waals surface area contributed by atoms with Crippen LogP contribution in [0, 0.1) is 0 Å². The van der Waals surface area contributed by atoms with Crippen LogP contribution in [0.1, 0.15) is 43.3 Å². The van der Waals surface area contributed by atoms with E-state index in [9.17, 15) is 9.59 Å². The van der Waals surface area contributed by atoms with Crippen LogP contribution in [-0.4, -0.2) is 15.5 Å². The molecule has 6 nitrogen and oxygen atoms in total. The number of carbonyl (C=O) groups excluding carboxylic acids is 1. The topological polar surface area (TPSA) is 73.2 Å². The molecule has 0 saturated heterocycles. The summed E-state index contributed by atoms with van der Waals surface area (Å²) in [5.74, 6) is 0.476. The highest BCUT2D eigenvalue weighted by molar-refractivity contribution is 5.92. The summed E-state index contributed by atoms with van der Waals surface area (Å²) in [6, 6.07) is 8.98. The van der Waals surface area contributed by atoms with Crippen molar-refractivity contribution in [2.24, 2.45) is 0 Å². The molecule has 1 aromatic carbocycles. The molecule has 0 aliphatic carbocycles. The third-order valence-corrected chi connectivity index (χ3v) is 5.06. The van der Waals surface area contributed by atoms with Crippen molar-refractivity contribution in [1.29, 1.82) is 0 Å². The smallest absolute Gasteiger partial charge is 0.265 e. The minimum absolute atomic E-state index is 0.209. The summed E-state index contributed by atoms with van der Waals surface area (Å²) in [6.07, 6.45) is 7.72. The number of rotatable bonds is 3. The van der Waals surface area contributed by atoms with Crippen LogP contribution in [0.4, 0.5) is 0 Å². The molecule has 142 valence electrons. The van der Waals surface area contributed by atoms with E-state index in [0.29, 0.717) is 23.5 Å². The molecule has 0 unspecified atom stereocenters. The summed E-state index contributed by atoms with van der Waals surface area (Å²) < 4.78 is 7.05. The lowest BCUT2D eigenvalue weighted by Gasteiger charge is -2.30. The van der Waals surface area contributed by atoms with Gasteiger partial charge in [0.05, 0.1) is 12.0 Å². The van der Waals surface area contributed by atoms with Gasteiger partial charge in [0.2, 0.25) is 11.8 Å². The Balaban J connectivity index is 1.95. The number of fused-ring (bicyclic) bond motifs is 2. The Morgan fingerprint density at radius 3 is 2.75 bits per heavy atom. The second kappa shape index (κ2) is 7.31. The van der Waals surface area contributed by atoms with Crippen molar-refractivity contribution in [2.45, 2.75) is 32.7 Å². The Kier molecular flexibility index (Phi) is 4.69. The summed E-state index contributed by atoms with van der Waals surface area (Å²) in [4.78, 5) is 31.0. The first kappa shape index (κ1) is 18.0. The molecule has 0 radical (unpaired) electrons. The van der Waals surface area contributed by atoms with Crippen molar-refractivity contribution in [1.82, 2.24) is 14.9 Å². The highest BCUT2D eigenvalue weighted by Gasteiger charge is 2.34. The molecule has 0 saturated carbocycles. The Hall–Kier alpha value is -3.41. The summed E-state index contributed by atoms with van der Waals surface area (Å²) in [5.41, 5.74) is 2.57. The molecule has 1 amide bonds. The van der Waals surface area contributed by atoms with Crippen molar-refractivity contribution in [3.63, 3.8) is 0 Å². The van der Waals surface area contributed by atoms with E-state index >= 15 is 0 Å². The van der Waals surface area contributed by atoms with E-state index in [-0.39, 0.29) is 17.3 Å². The van der Waals surface area contributed by atoms with Gasteiger partial charge in [0.1, 0.15) is 11.6 Å². The Labute approximate surface area is 162 Å². The first-order chi connectivity index (χ1) is 13.6. The molecular weight excluding hydrogens is 354 g/mol. The van der Waals surface area contributed by atoms with Gasteiger partial charge in [-0.1, -0.05) is 43.3 Å². The number of nitrogens with zero attached hydrogens (tertiary/aromatic N) is 2. The highest BCUT2D eigenvalue weighted by Crippen LogP contribution is 2.29. The van der Waals surface area contributed by atoms with E-state index in [1.807, 2.05) is 44.2 Å². The number of allylic oxidation sites excluding steroid dienone is 3. The SMILES string of the molecule is CC/C(C)=C1\NC(=O)[C@@H](Cc2ccccc2)n2c1nc1c(c2=O)C=CC=CO1. The lowest BCUT2D eigenvalue weighted by atomic mass is 10.0. The molecule has 6 heteroatoms. The van der Waals surface area contributed by atoms with Gasteiger partial charge < -0.3 is 10.1 Å². The van der Waals surface area contributed by atoms with Crippen LogP contribution in [0.25, 0.3) is 11.8 Å². The quantitative estimate of drug-likeness (QED) is 0.894. The third-order valence-electron chi connectivity index (χ3n) is 5.06. The molecule has 3 heterocycles. The van der Waals surface area contributed by atoms with Crippen LogP contribution < -0.4 is 15.6 Å². The van der Waals surface area contributed by atoms with Gasteiger partial charge in [0.15, 0.2) is 5.82 Å². The fourth-order valence-corrected chi connectivity index (χ4v) is 3.40. The van der Waals surface area contributed by atoms with Crippen LogP contribution in [0.5, 0.6) is 5.88 Å². The number of ether oxygens (including phenoxy) is 1. The minimum atomic E-state index is -0.680. The lowest BCUT2D eigenvalue weighted by molar-refractivity contribution is -0.123. The molecule has 28 heavy (non-hydrogen) atoms. The molecule has 1 N–H and O–H groups in total. The molecule has 0 bridgehead atoms. The van der Waals surface area contributed by atoms with Crippen molar-refractivity contribution in [3.8, 4) is 5.88 Å². The summed E-state index contributed by atoms with van der Waals surface area (Å²) >= 11 is 0. The molecular formula is C22H21N3O3. The van der Waals surface area contributed by atoms with Gasteiger partial charge >= 0.3 is 0 Å². The highest BCUT2D eigenvalue weighted by atomic mass is 16.5. The first-order valence-electron chi connectivity index (χ1n) is 9.31. The Morgan fingerprint density at radius 2 is 2.00 bits per heavy atom. The number of hydrogen-bond acceptors (Lipinski definition) is 4. The van der Waals surface area contributed by atoms with Gasteiger partial charge in [-0.3, -0.25) is 14.2 Å². The average molecular weight is 375 g/mol. The maximum absolute atomic E-state index is 13.4. The zero-order chi connectivity index (χ0) is 19.7. The van der Waals surface area contributed by atoms with Crippen molar-refractivity contribution < 1.29 is 9.53 Å². The summed E-state index contributed by atoms with van der Waals surface area (Å²) in [5, 5.41) is 2.97. The average Bonchev–Trinajstić information content (AvgIpc) is 2.96. The van der Waals surface area contributed by atoms with Gasteiger partial charge in [0, 0.05) is 6.42 Å². The molecule has 2 aromatic rings. The molecule has 1 aromatic heterocycles. The fraction of sp³-hybridized carbons (Fsp3) is 0.227. The van der Waals surface area contributed by atoms with Gasteiger partial charge in [-0.25, -0.2) is 0 Å². The second-order valence-corrected chi connectivity index (χ2v) is 6.84. The van der Waals surface area contributed by atoms with Crippen molar-refractivity contribution in [2.75, 3.05) is 0 Å². The predicted molar refractivity (Wildman–Crippen MR) is 108 cm³/mol. The van der Waals surface area contributed by atoms with Crippen LogP contribution in [0.15, 0.2) is 59.1 Å². The third kappa shape index (κ3) is 3.07. The zero-order valence-electron chi connectivity index (χ0n) is 15.8. The van der Waals surface area contributed by atoms with Crippen LogP contribution in [0.3, 0.4) is 0 Å². The van der Waals surface area contributed by atoms with E-state index in [1.165, 1.54) is 10.8 Å². The van der Waals surface area contributed by atoms with E-state index < -0.39 is 6.04 Å². The number of amides is 1. The Morgan fingerprint density at radius 1 is 1.21 bits per heavy atom. The summed E-state index contributed by atoms with van der Waals surface area (Å²) in [7, 11) is 0. The number of hydrogen-bond donors (Lipinski definition) is 1. The van der Waals surface area contributed by atoms with E-state index in [0.717, 1.165) is 17.6 Å². The van der Waals surface area contributed by atoms with Gasteiger partial charge in [-0.15, -0.1) is 0 Å². The first-order valence-corrected chi connectivity index (χ1v) is 9.31. The monoisotopic (exact) mass is 375 g/mol. The molecule has 4 rings (SSSR count). The van der Waals surface area contributed by atoms with Gasteiger partial charge in [-0.05, 0) is 36.6 Å². The van der Waals surface area contributed by atoms with Gasteiger partial charge in [-0.2, -0.15) is 4.98 Å². The van der Waals surface area contributed by atoms with Gasteiger partial charge in [0.25, 0.3) is 5.56 Å². The predicted octanol–water partition coefficient (Wildman–Crippen LogP) is 3.22. The minimum Gasteiger partial charge on any atom is -0.446 e. The standard InChI is InChI=1S/C22H21N3O3/c1-3-14(2)18-19-24-21-16(11-7-8-12-28-21)22(27)25(19)17(20(26)23-18)13-15-9-5-4-6-10-15/h4-12,17H,3,13H2,1-2H3,(H,23,26)/b18-14-/t17-/m1/s1. The van der Waals surface area contributed by atoms with Crippen molar-refractivity contribution in [3.05, 3.63) is 81.6 Å². The second-order valence-electron chi connectivity index (χ2n) is 6.84. The maximum atomic E-state index is 13.4. The van der Waals surface area contributed by atoms with Crippen LogP contribution in [0.2, 0.25) is 0 Å². The number of aromatic nitrogens is 2. The molecule has 0 spiro atoms. The van der Waals surface area contributed by atoms with Crippen LogP contribution >= 0.6 is 0 Å². The number of benzene rings is 1. The summed E-state index contributed by atoms with van der Waals surface area (Å²) in [6.45, 7) is 3.92. The van der Waals surface area contributed by atoms with E-state index in [4.69, 9.17) is 4.74 Å². The van der Waals surface area contributed by atoms with E-state index in [1.54, 1.807) is 18.2 Å². The fourth-order valence-electron chi connectivity index (χ4n) is 3.40. The zero-order valence-corrected chi connectivity index (χ0v) is 15.8. The maximum Gasteiger partial charge on any atom is 0.265 e. The Bertz CT molecular complexity index is 1080. The van der Waals surface area contributed by atoms with Crippen molar-refractivity contribution >= 4 is 17.7 Å². The number of nitrogens with one attached hydrogen (secondary N) is 1.